The SMILES string of the molecule is c1cc(CCN=C2NC3CCCC3CS2)ccn1. The van der Waals surface area contributed by atoms with Crippen LogP contribution in [0.5, 0.6) is 0 Å². The van der Waals surface area contributed by atoms with Crippen molar-refractivity contribution >= 4 is 16.9 Å². The van der Waals surface area contributed by atoms with E-state index in [1.165, 1.54) is 30.6 Å². The number of fused-ring (bicyclic) bond motifs is 1. The summed E-state index contributed by atoms with van der Waals surface area (Å²) in [6, 6.07) is 4.83. The lowest BCUT2D eigenvalue weighted by atomic mass is 10.1. The molecule has 1 saturated heterocycles. The molecule has 0 amide bonds. The molecule has 0 bridgehead atoms. The molecule has 4 heteroatoms. The van der Waals surface area contributed by atoms with Crippen LogP contribution in [0.25, 0.3) is 0 Å². The minimum Gasteiger partial charge on any atom is -0.362 e. The van der Waals surface area contributed by atoms with Crippen molar-refractivity contribution in [2.45, 2.75) is 31.7 Å². The molecule has 0 aromatic carbocycles. The van der Waals surface area contributed by atoms with E-state index in [2.05, 4.69) is 27.4 Å². The van der Waals surface area contributed by atoms with Crippen molar-refractivity contribution in [3.05, 3.63) is 30.1 Å². The van der Waals surface area contributed by atoms with Gasteiger partial charge in [0.2, 0.25) is 0 Å². The highest BCUT2D eigenvalue weighted by Crippen LogP contribution is 2.32. The van der Waals surface area contributed by atoms with Crippen LogP contribution >= 0.6 is 11.8 Å². The van der Waals surface area contributed by atoms with Gasteiger partial charge in [0, 0.05) is 30.7 Å². The van der Waals surface area contributed by atoms with E-state index in [1.807, 2.05) is 24.2 Å². The fourth-order valence-electron chi connectivity index (χ4n) is 2.74. The summed E-state index contributed by atoms with van der Waals surface area (Å²) in [7, 11) is 0. The Labute approximate surface area is 112 Å². The summed E-state index contributed by atoms with van der Waals surface area (Å²) < 4.78 is 0. The molecule has 2 heterocycles. The number of amidine groups is 1. The third-order valence-electron chi connectivity index (χ3n) is 3.81. The number of pyridine rings is 1. The van der Waals surface area contributed by atoms with E-state index in [0.717, 1.165) is 24.1 Å². The van der Waals surface area contributed by atoms with Crippen molar-refractivity contribution in [1.29, 1.82) is 0 Å². The lowest BCUT2D eigenvalue weighted by Gasteiger charge is -2.28. The molecule has 2 unspecified atom stereocenters. The van der Waals surface area contributed by atoms with Gasteiger partial charge in [0.15, 0.2) is 5.17 Å². The van der Waals surface area contributed by atoms with Gasteiger partial charge in [0.05, 0.1) is 0 Å². The minimum atomic E-state index is 0.700. The molecule has 0 radical (unpaired) electrons. The number of nitrogens with one attached hydrogen (secondary N) is 1. The quantitative estimate of drug-likeness (QED) is 0.908. The number of hydrogen-bond donors (Lipinski definition) is 1. The van der Waals surface area contributed by atoms with Crippen LogP contribution in [0.4, 0.5) is 0 Å². The molecule has 1 saturated carbocycles. The summed E-state index contributed by atoms with van der Waals surface area (Å²) in [5, 5.41) is 4.76. The largest absolute Gasteiger partial charge is 0.362 e. The number of nitrogens with zero attached hydrogens (tertiary/aromatic N) is 2. The third kappa shape index (κ3) is 2.86. The van der Waals surface area contributed by atoms with E-state index in [0.29, 0.717) is 6.04 Å². The van der Waals surface area contributed by atoms with E-state index in [-0.39, 0.29) is 0 Å². The van der Waals surface area contributed by atoms with Gasteiger partial charge in [0.25, 0.3) is 0 Å². The normalized spacial score (nSPS) is 29.0. The molecular weight excluding hydrogens is 242 g/mol. The summed E-state index contributed by atoms with van der Waals surface area (Å²) in [6.07, 6.45) is 8.80. The average molecular weight is 261 g/mol. The van der Waals surface area contributed by atoms with Gasteiger partial charge in [-0.15, -0.1) is 0 Å². The van der Waals surface area contributed by atoms with E-state index in [1.54, 1.807) is 0 Å². The highest BCUT2D eigenvalue weighted by Gasteiger charge is 2.31. The molecule has 2 atom stereocenters. The Morgan fingerprint density at radius 3 is 3.11 bits per heavy atom. The predicted octanol–water partition coefficient (Wildman–Crippen LogP) is 2.49. The van der Waals surface area contributed by atoms with Gasteiger partial charge >= 0.3 is 0 Å². The molecule has 1 aromatic rings. The van der Waals surface area contributed by atoms with Crippen LogP contribution < -0.4 is 5.32 Å². The van der Waals surface area contributed by atoms with Crippen LogP contribution in [0.2, 0.25) is 0 Å². The minimum absolute atomic E-state index is 0.700. The number of aliphatic imine (C=N–C) groups is 1. The third-order valence-corrected chi connectivity index (χ3v) is 4.92. The lowest BCUT2D eigenvalue weighted by Crippen LogP contribution is -2.41. The highest BCUT2D eigenvalue weighted by atomic mass is 32.2. The van der Waals surface area contributed by atoms with Gasteiger partial charge in [-0.2, -0.15) is 0 Å². The molecule has 1 aromatic heterocycles. The van der Waals surface area contributed by atoms with Crippen LogP contribution in [-0.2, 0) is 6.42 Å². The van der Waals surface area contributed by atoms with Gasteiger partial charge in [-0.3, -0.25) is 9.98 Å². The van der Waals surface area contributed by atoms with E-state index < -0.39 is 0 Å². The maximum Gasteiger partial charge on any atom is 0.156 e. The zero-order valence-electron chi connectivity index (χ0n) is 10.5. The van der Waals surface area contributed by atoms with E-state index in [9.17, 15) is 0 Å². The van der Waals surface area contributed by atoms with Gasteiger partial charge in [-0.25, -0.2) is 0 Å². The summed E-state index contributed by atoms with van der Waals surface area (Å²) >= 11 is 1.90. The number of aromatic nitrogens is 1. The van der Waals surface area contributed by atoms with Crippen LogP contribution in [-0.4, -0.2) is 28.5 Å². The molecular formula is C14H19N3S. The standard InChI is InChI=1S/C14H19N3S/c1-2-12-10-18-14(17-13(12)3-1)16-9-6-11-4-7-15-8-5-11/h4-5,7-8,12-13H,1-3,6,9-10H2,(H,16,17). The summed E-state index contributed by atoms with van der Waals surface area (Å²) in [4.78, 5) is 8.71. The Morgan fingerprint density at radius 1 is 1.33 bits per heavy atom. The van der Waals surface area contributed by atoms with Gasteiger partial charge < -0.3 is 5.32 Å². The molecule has 2 fully saturated rings. The molecule has 0 spiro atoms. The topological polar surface area (TPSA) is 37.3 Å². The monoisotopic (exact) mass is 261 g/mol. The van der Waals surface area contributed by atoms with E-state index >= 15 is 0 Å². The Bertz CT molecular complexity index is 418. The second-order valence-corrected chi connectivity index (χ2v) is 6.05. The fourth-order valence-corrected chi connectivity index (χ4v) is 3.93. The Kier molecular flexibility index (Phi) is 3.84. The van der Waals surface area contributed by atoms with Gasteiger partial charge in [0.1, 0.15) is 0 Å². The first kappa shape index (κ1) is 12.0. The summed E-state index contributed by atoms with van der Waals surface area (Å²) in [6.45, 7) is 0.872. The molecule has 18 heavy (non-hydrogen) atoms. The van der Waals surface area contributed by atoms with Crippen molar-refractivity contribution < 1.29 is 0 Å². The summed E-state index contributed by atoms with van der Waals surface area (Å²) in [5.41, 5.74) is 1.31. The number of thioether (sulfide) groups is 1. The van der Waals surface area contributed by atoms with Crippen molar-refractivity contribution in [2.24, 2.45) is 10.9 Å². The summed E-state index contributed by atoms with van der Waals surface area (Å²) in [5.74, 6) is 2.14. The maximum absolute atomic E-state index is 4.69. The predicted molar refractivity (Wildman–Crippen MR) is 77.0 cm³/mol. The Hall–Kier alpha value is -1.03. The number of hydrogen-bond acceptors (Lipinski definition) is 3. The first-order chi connectivity index (χ1) is 8.92. The van der Waals surface area contributed by atoms with Crippen molar-refractivity contribution in [2.75, 3.05) is 12.3 Å². The second-order valence-electron chi connectivity index (χ2n) is 5.05. The second kappa shape index (κ2) is 5.74. The van der Waals surface area contributed by atoms with Crippen LogP contribution in [0, 0.1) is 5.92 Å². The molecule has 1 aliphatic carbocycles. The smallest absolute Gasteiger partial charge is 0.156 e. The van der Waals surface area contributed by atoms with Crippen LogP contribution in [0.3, 0.4) is 0 Å². The van der Waals surface area contributed by atoms with Crippen molar-refractivity contribution in [3.63, 3.8) is 0 Å². The van der Waals surface area contributed by atoms with Crippen molar-refractivity contribution in [3.8, 4) is 0 Å². The molecule has 1 N–H and O–H groups in total. The molecule has 1 aliphatic heterocycles. The Morgan fingerprint density at radius 2 is 2.22 bits per heavy atom. The molecule has 96 valence electrons. The molecule has 3 rings (SSSR count). The van der Waals surface area contributed by atoms with Crippen LogP contribution in [0.1, 0.15) is 24.8 Å². The lowest BCUT2D eigenvalue weighted by molar-refractivity contribution is 0.490. The first-order valence-electron chi connectivity index (χ1n) is 6.74. The fraction of sp³-hybridized carbons (Fsp3) is 0.571. The average Bonchev–Trinajstić information content (AvgIpc) is 2.87. The Balaban J connectivity index is 1.51. The zero-order chi connectivity index (χ0) is 12.2. The zero-order valence-corrected chi connectivity index (χ0v) is 11.3. The molecule has 2 aliphatic rings. The first-order valence-corrected chi connectivity index (χ1v) is 7.73. The highest BCUT2D eigenvalue weighted by molar-refractivity contribution is 8.13. The van der Waals surface area contributed by atoms with E-state index in [4.69, 9.17) is 0 Å². The van der Waals surface area contributed by atoms with Crippen LogP contribution in [0.15, 0.2) is 29.5 Å². The van der Waals surface area contributed by atoms with Gasteiger partial charge in [-0.1, -0.05) is 18.2 Å². The number of rotatable bonds is 3. The molecule has 3 nitrogen and oxygen atoms in total. The van der Waals surface area contributed by atoms with Gasteiger partial charge in [-0.05, 0) is 42.9 Å². The van der Waals surface area contributed by atoms with Crippen molar-refractivity contribution in [1.82, 2.24) is 10.3 Å². The maximum atomic E-state index is 4.69.